The molecule has 2 heterocycles. The predicted molar refractivity (Wildman–Crippen MR) is 87.8 cm³/mol. The number of hydroxylamine groups is 2. The Bertz CT molecular complexity index is 899. The minimum Gasteiger partial charge on any atom is -0.379 e. The molecule has 1 aliphatic rings. The molecule has 108 valence electrons. The third-order valence-corrected chi connectivity index (χ3v) is 4.10. The van der Waals surface area contributed by atoms with Crippen LogP contribution in [0, 0.1) is 0 Å². The summed E-state index contributed by atoms with van der Waals surface area (Å²) in [6.45, 7) is 0. The Morgan fingerprint density at radius 3 is 2.68 bits per heavy atom. The van der Waals surface area contributed by atoms with E-state index in [9.17, 15) is 0 Å². The third-order valence-electron chi connectivity index (χ3n) is 4.10. The molecule has 0 bridgehead atoms. The van der Waals surface area contributed by atoms with Crippen LogP contribution in [0.2, 0.25) is 0 Å². The molecule has 0 unspecified atom stereocenters. The van der Waals surface area contributed by atoms with Crippen LogP contribution in [0.5, 0.6) is 5.75 Å². The Hall–Kier alpha value is -2.81. The summed E-state index contributed by atoms with van der Waals surface area (Å²) in [6.07, 6.45) is 4.28. The van der Waals surface area contributed by atoms with Crippen LogP contribution in [0.1, 0.15) is 11.1 Å². The smallest absolute Gasteiger partial charge is 0.212 e. The van der Waals surface area contributed by atoms with Crippen molar-refractivity contribution in [3.63, 3.8) is 0 Å². The first-order valence-corrected chi connectivity index (χ1v) is 7.34. The van der Waals surface area contributed by atoms with Crippen molar-refractivity contribution < 1.29 is 9.40 Å². The van der Waals surface area contributed by atoms with Crippen molar-refractivity contribution in [3.8, 4) is 5.75 Å². The van der Waals surface area contributed by atoms with Gasteiger partial charge in [0.1, 0.15) is 7.05 Å². The van der Waals surface area contributed by atoms with Gasteiger partial charge in [-0.25, -0.2) is 9.63 Å². The fourth-order valence-corrected chi connectivity index (χ4v) is 2.95. The molecule has 0 atom stereocenters. The largest absolute Gasteiger partial charge is 0.379 e. The van der Waals surface area contributed by atoms with Crippen molar-refractivity contribution in [2.24, 2.45) is 7.05 Å². The lowest BCUT2D eigenvalue weighted by Gasteiger charge is -2.12. The molecule has 0 saturated heterocycles. The molecular weight excluding hydrogens is 272 g/mol. The fraction of sp³-hybridized carbons (Fsp3) is 0.105. The van der Waals surface area contributed by atoms with Gasteiger partial charge < -0.3 is 4.84 Å². The zero-order valence-electron chi connectivity index (χ0n) is 12.7. The quantitative estimate of drug-likeness (QED) is 0.638. The van der Waals surface area contributed by atoms with E-state index in [1.807, 2.05) is 30.3 Å². The van der Waals surface area contributed by atoms with Crippen molar-refractivity contribution in [1.29, 1.82) is 0 Å². The van der Waals surface area contributed by atoms with Crippen LogP contribution in [0.25, 0.3) is 22.7 Å². The highest BCUT2D eigenvalue weighted by atomic mass is 16.7. The maximum Gasteiger partial charge on any atom is 0.212 e. The second-order valence-corrected chi connectivity index (χ2v) is 5.51. The summed E-state index contributed by atoms with van der Waals surface area (Å²) in [5.74, 6) is 0.905. The first-order chi connectivity index (χ1) is 10.7. The van der Waals surface area contributed by atoms with Gasteiger partial charge in [-0.15, -0.1) is 0 Å². The normalized spacial score (nSPS) is 15.2. The first-order valence-electron chi connectivity index (χ1n) is 7.34. The molecular formula is C19H17N2O+. The zero-order chi connectivity index (χ0) is 15.1. The number of pyridine rings is 1. The molecule has 2 aromatic carbocycles. The highest BCUT2D eigenvalue weighted by Gasteiger charge is 2.23. The molecule has 0 aliphatic carbocycles. The molecule has 3 nitrogen and oxygen atoms in total. The molecule has 3 aromatic rings. The Balaban J connectivity index is 1.92. The molecule has 1 aromatic heterocycles. The molecule has 0 amide bonds. The summed E-state index contributed by atoms with van der Waals surface area (Å²) >= 11 is 0. The average molecular weight is 289 g/mol. The lowest BCUT2D eigenvalue weighted by atomic mass is 10.0. The van der Waals surface area contributed by atoms with E-state index >= 15 is 0 Å². The van der Waals surface area contributed by atoms with Crippen molar-refractivity contribution in [1.82, 2.24) is 5.06 Å². The standard InChI is InChI=1S/C19H17N2O/c1-20-12-11-14(15-7-3-5-9-17(15)20)13-18-16-8-4-6-10-19(16)22-21(18)2/h3-13H,1-2H3/q+1. The second-order valence-electron chi connectivity index (χ2n) is 5.51. The first kappa shape index (κ1) is 12.9. The van der Waals surface area contributed by atoms with Gasteiger partial charge in [0.15, 0.2) is 11.9 Å². The van der Waals surface area contributed by atoms with E-state index in [2.05, 4.69) is 60.3 Å². The van der Waals surface area contributed by atoms with Crippen LogP contribution in [-0.4, -0.2) is 12.1 Å². The van der Waals surface area contributed by atoms with Crippen molar-refractivity contribution in [3.05, 3.63) is 71.9 Å². The summed E-state index contributed by atoms with van der Waals surface area (Å²) < 4.78 is 2.14. The molecule has 0 spiro atoms. The van der Waals surface area contributed by atoms with E-state index in [0.29, 0.717) is 0 Å². The van der Waals surface area contributed by atoms with E-state index in [1.54, 1.807) is 0 Å². The second kappa shape index (κ2) is 4.88. The molecule has 0 radical (unpaired) electrons. The van der Waals surface area contributed by atoms with E-state index in [0.717, 1.165) is 17.0 Å². The van der Waals surface area contributed by atoms with Gasteiger partial charge in [0.2, 0.25) is 5.52 Å². The van der Waals surface area contributed by atoms with Crippen LogP contribution >= 0.6 is 0 Å². The number of hydrogen-bond donors (Lipinski definition) is 0. The van der Waals surface area contributed by atoms with Gasteiger partial charge in [-0.05, 0) is 29.8 Å². The Morgan fingerprint density at radius 2 is 1.77 bits per heavy atom. The Morgan fingerprint density at radius 1 is 1.00 bits per heavy atom. The van der Waals surface area contributed by atoms with E-state index in [-0.39, 0.29) is 0 Å². The highest BCUT2D eigenvalue weighted by Crippen LogP contribution is 2.36. The summed E-state index contributed by atoms with van der Waals surface area (Å²) in [7, 11) is 4.01. The number of rotatable bonds is 1. The number of para-hydroxylation sites is 2. The van der Waals surface area contributed by atoms with Crippen LogP contribution in [0.3, 0.4) is 0 Å². The summed E-state index contributed by atoms with van der Waals surface area (Å²) in [6, 6.07) is 18.7. The topological polar surface area (TPSA) is 16.4 Å². The van der Waals surface area contributed by atoms with Gasteiger partial charge in [-0.1, -0.05) is 24.3 Å². The number of nitrogens with zero attached hydrogens (tertiary/aromatic N) is 2. The van der Waals surface area contributed by atoms with Crippen molar-refractivity contribution in [2.45, 2.75) is 0 Å². The van der Waals surface area contributed by atoms with Crippen molar-refractivity contribution >= 4 is 22.7 Å². The average Bonchev–Trinajstić information content (AvgIpc) is 2.86. The third kappa shape index (κ3) is 1.94. The van der Waals surface area contributed by atoms with Crippen LogP contribution in [0.15, 0.2) is 60.8 Å². The molecule has 0 N–H and O–H groups in total. The zero-order valence-corrected chi connectivity index (χ0v) is 12.7. The number of aryl methyl sites for hydroxylation is 1. The van der Waals surface area contributed by atoms with E-state index in [4.69, 9.17) is 4.84 Å². The molecule has 22 heavy (non-hydrogen) atoms. The van der Waals surface area contributed by atoms with Crippen molar-refractivity contribution in [2.75, 3.05) is 7.05 Å². The molecule has 1 aliphatic heterocycles. The number of hydrogen-bond acceptors (Lipinski definition) is 2. The van der Waals surface area contributed by atoms with Crippen LogP contribution in [-0.2, 0) is 7.05 Å². The van der Waals surface area contributed by atoms with Gasteiger partial charge in [-0.3, -0.25) is 0 Å². The number of aromatic nitrogens is 1. The molecule has 0 saturated carbocycles. The van der Waals surface area contributed by atoms with Gasteiger partial charge in [0.05, 0.1) is 11.1 Å². The fourth-order valence-electron chi connectivity index (χ4n) is 2.95. The number of fused-ring (bicyclic) bond motifs is 2. The molecule has 3 heteroatoms. The van der Waals surface area contributed by atoms with E-state index < -0.39 is 0 Å². The number of benzene rings is 2. The highest BCUT2D eigenvalue weighted by molar-refractivity contribution is 5.93. The lowest BCUT2D eigenvalue weighted by Crippen LogP contribution is -2.28. The van der Waals surface area contributed by atoms with E-state index in [1.165, 1.54) is 16.5 Å². The maximum absolute atomic E-state index is 5.79. The Kier molecular flexibility index (Phi) is 2.86. The summed E-state index contributed by atoms with van der Waals surface area (Å²) in [5, 5.41) is 3.06. The monoisotopic (exact) mass is 289 g/mol. The van der Waals surface area contributed by atoms with Gasteiger partial charge in [0, 0.05) is 24.7 Å². The maximum atomic E-state index is 5.79. The minimum atomic E-state index is 0.905. The Labute approximate surface area is 129 Å². The molecule has 4 rings (SSSR count). The summed E-state index contributed by atoms with van der Waals surface area (Å²) in [5.41, 5.74) is 4.61. The van der Waals surface area contributed by atoms with Gasteiger partial charge >= 0.3 is 0 Å². The van der Waals surface area contributed by atoms with Crippen LogP contribution in [0.4, 0.5) is 0 Å². The minimum absolute atomic E-state index is 0.905. The lowest BCUT2D eigenvalue weighted by molar-refractivity contribution is -0.644. The summed E-state index contributed by atoms with van der Waals surface area (Å²) in [4.78, 5) is 5.79. The molecule has 0 fully saturated rings. The SMILES string of the molecule is CN1Oc2ccccc2/C1=C/c1cc[n+](C)c2ccccc12. The van der Waals surface area contributed by atoms with Crippen LogP contribution < -0.4 is 9.40 Å². The van der Waals surface area contributed by atoms with Gasteiger partial charge in [-0.2, -0.15) is 0 Å². The van der Waals surface area contributed by atoms with Gasteiger partial charge in [0.25, 0.3) is 0 Å². The predicted octanol–water partition coefficient (Wildman–Crippen LogP) is 3.40.